The van der Waals surface area contributed by atoms with Crippen LogP contribution in [0.2, 0.25) is 0 Å². The molecule has 1 heterocycles. The number of carbonyl (C=O) groups is 1. The minimum atomic E-state index is -0.425. The molecule has 7 heteroatoms. The van der Waals surface area contributed by atoms with Gasteiger partial charge in [0.25, 0.3) is 5.56 Å². The van der Waals surface area contributed by atoms with Crippen LogP contribution in [0.1, 0.15) is 32.8 Å². The Morgan fingerprint density at radius 2 is 1.84 bits per heavy atom. The predicted octanol–water partition coefficient (Wildman–Crippen LogP) is 4.64. The first-order chi connectivity index (χ1) is 14.9. The van der Waals surface area contributed by atoms with E-state index in [9.17, 15) is 9.59 Å². The van der Waals surface area contributed by atoms with Gasteiger partial charge in [0.15, 0.2) is 5.16 Å². The lowest BCUT2D eigenvalue weighted by molar-refractivity contribution is -0.115. The Hall–Kier alpha value is -2.64. The molecule has 2 aromatic carbocycles. The van der Waals surface area contributed by atoms with Crippen LogP contribution in [0.15, 0.2) is 58.5 Å². The van der Waals surface area contributed by atoms with Crippen LogP contribution in [-0.2, 0) is 16.1 Å². The van der Waals surface area contributed by atoms with Crippen molar-refractivity contribution in [2.45, 2.75) is 57.2 Å². The van der Waals surface area contributed by atoms with Gasteiger partial charge >= 0.3 is 0 Å². The zero-order valence-electron chi connectivity index (χ0n) is 18.4. The van der Waals surface area contributed by atoms with Crippen LogP contribution in [0, 0.1) is 6.92 Å². The van der Waals surface area contributed by atoms with Crippen molar-refractivity contribution in [3.05, 3.63) is 64.4 Å². The van der Waals surface area contributed by atoms with Crippen molar-refractivity contribution in [1.82, 2.24) is 9.55 Å². The average Bonchev–Trinajstić information content (AvgIpc) is 2.74. The maximum absolute atomic E-state index is 13.1. The summed E-state index contributed by atoms with van der Waals surface area (Å²) < 4.78 is 7.28. The molecule has 1 N–H and O–H groups in total. The van der Waals surface area contributed by atoms with Gasteiger partial charge in [0.1, 0.15) is 0 Å². The molecule has 0 bridgehead atoms. The van der Waals surface area contributed by atoms with E-state index in [0.29, 0.717) is 35.6 Å². The van der Waals surface area contributed by atoms with Gasteiger partial charge < -0.3 is 10.1 Å². The van der Waals surface area contributed by atoms with E-state index in [-0.39, 0.29) is 17.6 Å². The molecule has 0 aliphatic rings. The fourth-order valence-corrected chi connectivity index (χ4v) is 4.07. The first-order valence-corrected chi connectivity index (χ1v) is 11.4. The standard InChI is InChI=1S/C24H29N3O3S/c1-16(2)30-15-9-14-27-23(29)19-11-6-8-13-21(19)26-24(27)31-18(4)22(28)25-20-12-7-5-10-17(20)3/h5-8,10-13,16,18H,9,14-15H2,1-4H3,(H,25,28). The number of thioether (sulfide) groups is 1. The SMILES string of the molecule is Cc1ccccc1NC(=O)C(C)Sc1nc2ccccc2c(=O)n1CCCOC(C)C. The maximum atomic E-state index is 13.1. The number of anilines is 1. The van der Waals surface area contributed by atoms with Crippen molar-refractivity contribution in [1.29, 1.82) is 0 Å². The van der Waals surface area contributed by atoms with Crippen LogP contribution in [0.25, 0.3) is 10.9 Å². The number of hydrogen-bond acceptors (Lipinski definition) is 5. The quantitative estimate of drug-likeness (QED) is 0.299. The fourth-order valence-electron chi connectivity index (χ4n) is 3.14. The van der Waals surface area contributed by atoms with Crippen LogP contribution in [0.5, 0.6) is 0 Å². The summed E-state index contributed by atoms with van der Waals surface area (Å²) in [7, 11) is 0. The zero-order chi connectivity index (χ0) is 22.4. The van der Waals surface area contributed by atoms with Gasteiger partial charge in [-0.3, -0.25) is 14.2 Å². The Kier molecular flexibility index (Phi) is 7.87. The number of para-hydroxylation sites is 2. The Bertz CT molecular complexity index is 1110. The summed E-state index contributed by atoms with van der Waals surface area (Å²) in [6.07, 6.45) is 0.834. The molecular weight excluding hydrogens is 410 g/mol. The van der Waals surface area contributed by atoms with Crippen molar-refractivity contribution >= 4 is 34.3 Å². The molecule has 1 amide bonds. The van der Waals surface area contributed by atoms with E-state index >= 15 is 0 Å². The second kappa shape index (κ2) is 10.6. The summed E-state index contributed by atoms with van der Waals surface area (Å²) in [6.45, 7) is 8.79. The molecule has 3 rings (SSSR count). The van der Waals surface area contributed by atoms with Gasteiger partial charge in [0.2, 0.25) is 5.91 Å². The van der Waals surface area contributed by atoms with Crippen molar-refractivity contribution < 1.29 is 9.53 Å². The number of amides is 1. The molecule has 1 aromatic heterocycles. The van der Waals surface area contributed by atoms with Gasteiger partial charge in [-0.2, -0.15) is 0 Å². The van der Waals surface area contributed by atoms with Crippen molar-refractivity contribution in [2.24, 2.45) is 0 Å². The van der Waals surface area contributed by atoms with Crippen LogP contribution in [-0.4, -0.2) is 33.4 Å². The number of nitrogens with one attached hydrogen (secondary N) is 1. The highest BCUT2D eigenvalue weighted by Crippen LogP contribution is 2.24. The summed E-state index contributed by atoms with van der Waals surface area (Å²) in [4.78, 5) is 30.6. The third-order valence-electron chi connectivity index (χ3n) is 4.86. The largest absolute Gasteiger partial charge is 0.379 e. The molecule has 6 nitrogen and oxygen atoms in total. The molecule has 0 spiro atoms. The lowest BCUT2D eigenvalue weighted by atomic mass is 10.2. The van der Waals surface area contributed by atoms with E-state index in [1.807, 2.05) is 70.2 Å². The van der Waals surface area contributed by atoms with Gasteiger partial charge in [-0.15, -0.1) is 0 Å². The van der Waals surface area contributed by atoms with E-state index in [1.54, 1.807) is 10.6 Å². The van der Waals surface area contributed by atoms with Crippen LogP contribution >= 0.6 is 11.8 Å². The van der Waals surface area contributed by atoms with Crippen molar-refractivity contribution in [3.63, 3.8) is 0 Å². The van der Waals surface area contributed by atoms with E-state index in [0.717, 1.165) is 11.3 Å². The molecule has 1 unspecified atom stereocenters. The Labute approximate surface area is 187 Å². The summed E-state index contributed by atoms with van der Waals surface area (Å²) in [5.41, 5.74) is 2.33. The second-order valence-corrected chi connectivity index (χ2v) is 9.01. The van der Waals surface area contributed by atoms with Gasteiger partial charge in [-0.05, 0) is 57.9 Å². The summed E-state index contributed by atoms with van der Waals surface area (Å²) in [5.74, 6) is -0.128. The van der Waals surface area contributed by atoms with Crippen LogP contribution in [0.3, 0.4) is 0 Å². The molecule has 1 atom stereocenters. The number of nitrogens with zero attached hydrogens (tertiary/aromatic N) is 2. The lowest BCUT2D eigenvalue weighted by Gasteiger charge is -2.17. The molecule has 0 saturated carbocycles. The molecule has 0 aliphatic carbocycles. The minimum absolute atomic E-state index is 0.0934. The predicted molar refractivity (Wildman–Crippen MR) is 127 cm³/mol. The van der Waals surface area contributed by atoms with Crippen molar-refractivity contribution in [3.8, 4) is 0 Å². The Balaban J connectivity index is 1.83. The number of hydrogen-bond donors (Lipinski definition) is 1. The summed E-state index contributed by atoms with van der Waals surface area (Å²) >= 11 is 1.30. The average molecular weight is 440 g/mol. The summed E-state index contributed by atoms with van der Waals surface area (Å²) in [5, 5.41) is 3.67. The highest BCUT2D eigenvalue weighted by Gasteiger charge is 2.20. The van der Waals surface area contributed by atoms with E-state index < -0.39 is 5.25 Å². The normalized spacial score (nSPS) is 12.3. The van der Waals surface area contributed by atoms with E-state index in [1.165, 1.54) is 11.8 Å². The third kappa shape index (κ3) is 5.95. The highest BCUT2D eigenvalue weighted by atomic mass is 32.2. The van der Waals surface area contributed by atoms with Crippen LogP contribution < -0.4 is 10.9 Å². The van der Waals surface area contributed by atoms with Crippen LogP contribution in [0.4, 0.5) is 5.69 Å². The Morgan fingerprint density at radius 1 is 1.13 bits per heavy atom. The number of carbonyl (C=O) groups excluding carboxylic acids is 1. The van der Waals surface area contributed by atoms with Gasteiger partial charge in [0.05, 0.1) is 22.3 Å². The summed E-state index contributed by atoms with van der Waals surface area (Å²) in [6, 6.07) is 15.0. The number of benzene rings is 2. The first kappa shape index (κ1) is 23.0. The molecule has 164 valence electrons. The molecular formula is C24H29N3O3S. The number of aromatic nitrogens is 2. The molecule has 31 heavy (non-hydrogen) atoms. The van der Waals surface area contributed by atoms with Gasteiger partial charge in [-0.1, -0.05) is 42.1 Å². The molecule has 0 fully saturated rings. The van der Waals surface area contributed by atoms with Crippen molar-refractivity contribution in [2.75, 3.05) is 11.9 Å². The molecule has 3 aromatic rings. The van der Waals surface area contributed by atoms with E-state index in [4.69, 9.17) is 9.72 Å². The second-order valence-electron chi connectivity index (χ2n) is 7.71. The number of rotatable bonds is 9. The van der Waals surface area contributed by atoms with E-state index in [2.05, 4.69) is 5.32 Å². The Morgan fingerprint density at radius 3 is 2.58 bits per heavy atom. The molecule has 0 saturated heterocycles. The lowest BCUT2D eigenvalue weighted by Crippen LogP contribution is -2.27. The number of aryl methyl sites for hydroxylation is 1. The molecule has 0 aliphatic heterocycles. The zero-order valence-corrected chi connectivity index (χ0v) is 19.2. The fraction of sp³-hybridized carbons (Fsp3) is 0.375. The minimum Gasteiger partial charge on any atom is -0.379 e. The highest BCUT2D eigenvalue weighted by molar-refractivity contribution is 8.00. The maximum Gasteiger partial charge on any atom is 0.262 e. The van der Waals surface area contributed by atoms with Gasteiger partial charge in [0, 0.05) is 18.8 Å². The topological polar surface area (TPSA) is 73.2 Å². The molecule has 0 radical (unpaired) electrons. The number of fused-ring (bicyclic) bond motifs is 1. The smallest absolute Gasteiger partial charge is 0.262 e. The number of ether oxygens (including phenoxy) is 1. The monoisotopic (exact) mass is 439 g/mol. The first-order valence-electron chi connectivity index (χ1n) is 10.5. The van der Waals surface area contributed by atoms with Gasteiger partial charge in [-0.25, -0.2) is 4.98 Å². The third-order valence-corrected chi connectivity index (χ3v) is 5.95.